The van der Waals surface area contributed by atoms with E-state index in [-0.39, 0.29) is 24.7 Å². The molecule has 2 fully saturated rings. The SMILES string of the molecule is C[C@@H](c1ccccc1)N1CC[C@H]2O[C@@]2(CO)C1=O. The van der Waals surface area contributed by atoms with Gasteiger partial charge >= 0.3 is 0 Å². The molecule has 0 saturated carbocycles. The molecule has 0 bridgehead atoms. The zero-order valence-electron chi connectivity index (χ0n) is 10.4. The van der Waals surface area contributed by atoms with E-state index < -0.39 is 5.60 Å². The number of hydrogen-bond acceptors (Lipinski definition) is 3. The second-order valence-electron chi connectivity index (χ2n) is 5.03. The van der Waals surface area contributed by atoms with Crippen LogP contribution in [0.25, 0.3) is 0 Å². The molecule has 0 aromatic heterocycles. The first kappa shape index (κ1) is 11.7. The third-order valence-electron chi connectivity index (χ3n) is 4.05. The van der Waals surface area contributed by atoms with E-state index in [0.29, 0.717) is 6.54 Å². The Bertz CT molecular complexity index is 461. The third-order valence-corrected chi connectivity index (χ3v) is 4.05. The van der Waals surface area contributed by atoms with Gasteiger partial charge in [0.25, 0.3) is 5.91 Å². The maximum atomic E-state index is 12.4. The average molecular weight is 247 g/mol. The van der Waals surface area contributed by atoms with Crippen LogP contribution in [0.1, 0.15) is 24.9 Å². The van der Waals surface area contributed by atoms with Gasteiger partial charge < -0.3 is 14.7 Å². The molecule has 2 heterocycles. The predicted octanol–water partition coefficient (Wildman–Crippen LogP) is 1.11. The first-order chi connectivity index (χ1) is 8.69. The van der Waals surface area contributed by atoms with Crippen LogP contribution in [0.2, 0.25) is 0 Å². The van der Waals surface area contributed by atoms with Gasteiger partial charge in [0, 0.05) is 6.54 Å². The number of benzene rings is 1. The van der Waals surface area contributed by atoms with Crippen molar-refractivity contribution < 1.29 is 14.6 Å². The molecule has 2 aliphatic rings. The summed E-state index contributed by atoms with van der Waals surface area (Å²) in [6.07, 6.45) is 0.734. The quantitative estimate of drug-likeness (QED) is 0.814. The molecule has 1 aromatic carbocycles. The van der Waals surface area contributed by atoms with Crippen molar-refractivity contribution in [3.8, 4) is 0 Å². The number of nitrogens with zero attached hydrogens (tertiary/aromatic N) is 1. The summed E-state index contributed by atoms with van der Waals surface area (Å²) in [6.45, 7) is 2.50. The second kappa shape index (κ2) is 4.07. The van der Waals surface area contributed by atoms with Gasteiger partial charge in [-0.1, -0.05) is 30.3 Å². The minimum atomic E-state index is -0.929. The second-order valence-corrected chi connectivity index (χ2v) is 5.03. The van der Waals surface area contributed by atoms with Gasteiger partial charge in [-0.05, 0) is 18.9 Å². The summed E-state index contributed by atoms with van der Waals surface area (Å²) in [5.41, 5.74) is 0.180. The monoisotopic (exact) mass is 247 g/mol. The van der Waals surface area contributed by atoms with Crippen molar-refractivity contribution >= 4 is 5.91 Å². The minimum absolute atomic E-state index is 0.0206. The fourth-order valence-corrected chi connectivity index (χ4v) is 2.79. The molecule has 18 heavy (non-hydrogen) atoms. The number of ether oxygens (including phenoxy) is 1. The normalized spacial score (nSPS) is 32.0. The van der Waals surface area contributed by atoms with Crippen LogP contribution in [0.5, 0.6) is 0 Å². The topological polar surface area (TPSA) is 53.1 Å². The summed E-state index contributed by atoms with van der Waals surface area (Å²) in [5, 5.41) is 9.36. The number of aliphatic hydroxyl groups excluding tert-OH is 1. The summed E-state index contributed by atoms with van der Waals surface area (Å²) >= 11 is 0. The highest BCUT2D eigenvalue weighted by Gasteiger charge is 2.66. The van der Waals surface area contributed by atoms with Gasteiger partial charge in [-0.15, -0.1) is 0 Å². The van der Waals surface area contributed by atoms with Crippen molar-refractivity contribution in [2.75, 3.05) is 13.2 Å². The highest BCUT2D eigenvalue weighted by molar-refractivity contribution is 5.90. The van der Waals surface area contributed by atoms with Crippen molar-refractivity contribution in [2.24, 2.45) is 0 Å². The number of amides is 1. The Hall–Kier alpha value is -1.39. The number of piperidine rings is 1. The lowest BCUT2D eigenvalue weighted by atomic mass is 9.95. The standard InChI is InChI=1S/C14H17NO3/c1-10(11-5-3-2-4-6-11)15-8-7-12-14(9-16,18-12)13(15)17/h2-6,10,12,16H,7-9H2,1H3/t10-,12+,14+/m0/s1. The first-order valence-corrected chi connectivity index (χ1v) is 6.34. The fourth-order valence-electron chi connectivity index (χ4n) is 2.79. The van der Waals surface area contributed by atoms with Gasteiger partial charge in [0.05, 0.1) is 12.6 Å². The molecule has 0 spiro atoms. The van der Waals surface area contributed by atoms with Crippen molar-refractivity contribution in [3.63, 3.8) is 0 Å². The lowest BCUT2D eigenvalue weighted by Gasteiger charge is -2.34. The molecule has 1 aromatic rings. The molecule has 1 N–H and O–H groups in total. The zero-order chi connectivity index (χ0) is 12.8. The maximum Gasteiger partial charge on any atom is 0.260 e. The first-order valence-electron chi connectivity index (χ1n) is 6.34. The molecule has 3 rings (SSSR count). The number of carbonyl (C=O) groups excluding carboxylic acids is 1. The molecule has 0 radical (unpaired) electrons. The van der Waals surface area contributed by atoms with Gasteiger partial charge in [-0.2, -0.15) is 0 Å². The summed E-state index contributed by atoms with van der Waals surface area (Å²) in [5.74, 6) is -0.0717. The molecule has 2 saturated heterocycles. The van der Waals surface area contributed by atoms with E-state index in [2.05, 4.69) is 0 Å². The van der Waals surface area contributed by atoms with Gasteiger partial charge in [0.1, 0.15) is 6.10 Å². The van der Waals surface area contributed by atoms with Crippen molar-refractivity contribution in [2.45, 2.75) is 31.1 Å². The van der Waals surface area contributed by atoms with Crippen molar-refractivity contribution in [3.05, 3.63) is 35.9 Å². The molecule has 96 valence electrons. The van der Waals surface area contributed by atoms with Gasteiger partial charge in [0.2, 0.25) is 0 Å². The van der Waals surface area contributed by atoms with Crippen molar-refractivity contribution in [1.29, 1.82) is 0 Å². The third kappa shape index (κ3) is 1.56. The van der Waals surface area contributed by atoms with Crippen LogP contribution >= 0.6 is 0 Å². The lowest BCUT2D eigenvalue weighted by Crippen LogP contribution is -2.50. The smallest absolute Gasteiger partial charge is 0.260 e. The van der Waals surface area contributed by atoms with E-state index >= 15 is 0 Å². The highest BCUT2D eigenvalue weighted by Crippen LogP contribution is 2.45. The number of hydrogen-bond donors (Lipinski definition) is 1. The van der Waals surface area contributed by atoms with Crippen LogP contribution in [-0.2, 0) is 9.53 Å². The largest absolute Gasteiger partial charge is 0.393 e. The molecule has 3 atom stereocenters. The molecule has 0 unspecified atom stereocenters. The summed E-state index contributed by atoms with van der Waals surface area (Å²) in [6, 6.07) is 9.96. The number of rotatable bonds is 3. The van der Waals surface area contributed by atoms with E-state index in [1.165, 1.54) is 0 Å². The molecule has 4 heteroatoms. The van der Waals surface area contributed by atoms with Crippen LogP contribution in [0.3, 0.4) is 0 Å². The Morgan fingerprint density at radius 3 is 2.89 bits per heavy atom. The molecule has 0 aliphatic carbocycles. The lowest BCUT2D eigenvalue weighted by molar-refractivity contribution is -0.141. The summed E-state index contributed by atoms with van der Waals surface area (Å²) < 4.78 is 5.40. The Kier molecular flexibility index (Phi) is 2.64. The molecular weight excluding hydrogens is 230 g/mol. The van der Waals surface area contributed by atoms with Crippen LogP contribution in [-0.4, -0.2) is 40.8 Å². The van der Waals surface area contributed by atoms with E-state index in [1.54, 1.807) is 0 Å². The Labute approximate surface area is 106 Å². The number of aliphatic hydroxyl groups is 1. The molecule has 1 amide bonds. The van der Waals surface area contributed by atoms with Gasteiger partial charge in [0.15, 0.2) is 5.60 Å². The molecular formula is C14H17NO3. The summed E-state index contributed by atoms with van der Waals surface area (Å²) in [4.78, 5) is 14.2. The fraction of sp³-hybridized carbons (Fsp3) is 0.500. The minimum Gasteiger partial charge on any atom is -0.393 e. The van der Waals surface area contributed by atoms with Crippen LogP contribution < -0.4 is 0 Å². The Balaban J connectivity index is 1.83. The van der Waals surface area contributed by atoms with Crippen LogP contribution in [0.4, 0.5) is 0 Å². The van der Waals surface area contributed by atoms with E-state index in [1.807, 2.05) is 42.2 Å². The van der Waals surface area contributed by atoms with Gasteiger partial charge in [-0.25, -0.2) is 0 Å². The number of carbonyl (C=O) groups is 1. The molecule has 2 aliphatic heterocycles. The number of epoxide rings is 1. The number of fused-ring (bicyclic) bond motifs is 1. The van der Waals surface area contributed by atoms with Crippen LogP contribution in [0, 0.1) is 0 Å². The number of likely N-dealkylation sites (tertiary alicyclic amines) is 1. The Morgan fingerprint density at radius 1 is 1.50 bits per heavy atom. The average Bonchev–Trinajstić information content (AvgIpc) is 3.16. The van der Waals surface area contributed by atoms with E-state index in [4.69, 9.17) is 4.74 Å². The van der Waals surface area contributed by atoms with E-state index in [0.717, 1.165) is 12.0 Å². The van der Waals surface area contributed by atoms with E-state index in [9.17, 15) is 9.90 Å². The Morgan fingerprint density at radius 2 is 2.22 bits per heavy atom. The maximum absolute atomic E-state index is 12.4. The summed E-state index contributed by atoms with van der Waals surface area (Å²) in [7, 11) is 0. The highest BCUT2D eigenvalue weighted by atomic mass is 16.6. The van der Waals surface area contributed by atoms with Gasteiger partial charge in [-0.3, -0.25) is 4.79 Å². The van der Waals surface area contributed by atoms with Crippen LogP contribution in [0.15, 0.2) is 30.3 Å². The van der Waals surface area contributed by atoms with Crippen molar-refractivity contribution in [1.82, 2.24) is 4.90 Å². The predicted molar refractivity (Wildman–Crippen MR) is 65.9 cm³/mol. The zero-order valence-corrected chi connectivity index (χ0v) is 10.4. The molecule has 4 nitrogen and oxygen atoms in total.